The first kappa shape index (κ1) is 21.4. The number of carbonyl (C=O) groups excluding carboxylic acids is 1. The lowest BCUT2D eigenvalue weighted by molar-refractivity contribution is -0.125. The lowest BCUT2D eigenvalue weighted by atomic mass is 9.86. The van der Waals surface area contributed by atoms with Crippen molar-refractivity contribution in [3.05, 3.63) is 52.8 Å². The molecule has 1 atom stereocenters. The predicted molar refractivity (Wildman–Crippen MR) is 127 cm³/mol. The monoisotopic (exact) mass is 433 g/mol. The number of nitrogens with one attached hydrogen (secondary N) is 1. The lowest BCUT2D eigenvalue weighted by Crippen LogP contribution is -2.41. The zero-order chi connectivity index (χ0) is 21.9. The molecule has 32 heavy (non-hydrogen) atoms. The zero-order valence-corrected chi connectivity index (χ0v) is 19.2. The summed E-state index contributed by atoms with van der Waals surface area (Å²) in [4.78, 5) is 27.1. The van der Waals surface area contributed by atoms with Crippen LogP contribution in [0.3, 0.4) is 0 Å². The van der Waals surface area contributed by atoms with Crippen molar-refractivity contribution in [2.75, 3.05) is 37.6 Å². The summed E-state index contributed by atoms with van der Waals surface area (Å²) in [6.45, 7) is 8.10. The topological polar surface area (TPSA) is 61.4 Å². The minimum atomic E-state index is 0.0369. The van der Waals surface area contributed by atoms with Crippen LogP contribution in [0.15, 0.2) is 30.5 Å². The number of piperidine rings is 1. The summed E-state index contributed by atoms with van der Waals surface area (Å²) in [5, 5.41) is 3.19. The van der Waals surface area contributed by atoms with Crippen LogP contribution in [-0.2, 0) is 30.6 Å². The molecule has 1 fully saturated rings. The number of hydrogen-bond donors (Lipinski definition) is 1. The highest BCUT2D eigenvalue weighted by molar-refractivity contribution is 5.79. The van der Waals surface area contributed by atoms with Crippen molar-refractivity contribution in [1.29, 1.82) is 0 Å². The summed E-state index contributed by atoms with van der Waals surface area (Å²) < 4.78 is 0. The van der Waals surface area contributed by atoms with E-state index in [0.717, 1.165) is 81.5 Å². The number of fused-ring (bicyclic) bond motifs is 2. The van der Waals surface area contributed by atoms with E-state index < -0.39 is 0 Å². The standard InChI is InChI=1S/C26H35N5O/c1-19-8-13-31(14-9-19)26-28-17-23-16-21(6-7-24(23)29-26)25(32)27-11-15-30-12-10-20-4-2-3-5-22(20)18-30/h2-5,17,19,21H,6-16,18H2,1H3,(H,27,32). The third-order valence-electron chi connectivity index (χ3n) is 7.51. The molecule has 1 aromatic carbocycles. The molecule has 1 amide bonds. The number of anilines is 1. The minimum absolute atomic E-state index is 0.0369. The average Bonchev–Trinajstić information content (AvgIpc) is 2.83. The second-order valence-electron chi connectivity index (χ2n) is 9.84. The molecule has 0 bridgehead atoms. The SMILES string of the molecule is CC1CCN(c2ncc3c(n2)CCC(C(=O)NCCN2CCc4ccccc4C2)C3)CC1. The highest BCUT2D eigenvalue weighted by Gasteiger charge is 2.27. The number of benzene rings is 1. The van der Waals surface area contributed by atoms with E-state index in [4.69, 9.17) is 4.98 Å². The van der Waals surface area contributed by atoms with Gasteiger partial charge in [0.15, 0.2) is 0 Å². The van der Waals surface area contributed by atoms with E-state index >= 15 is 0 Å². The molecule has 1 saturated heterocycles. The Morgan fingerprint density at radius 3 is 2.72 bits per heavy atom. The van der Waals surface area contributed by atoms with Crippen LogP contribution in [0.1, 0.15) is 48.6 Å². The number of aryl methyl sites for hydroxylation is 1. The van der Waals surface area contributed by atoms with Crippen molar-refractivity contribution < 1.29 is 4.79 Å². The maximum Gasteiger partial charge on any atom is 0.225 e. The van der Waals surface area contributed by atoms with Gasteiger partial charge in [0.05, 0.1) is 0 Å². The quantitative estimate of drug-likeness (QED) is 0.786. The second kappa shape index (κ2) is 9.57. The van der Waals surface area contributed by atoms with Gasteiger partial charge < -0.3 is 10.2 Å². The highest BCUT2D eigenvalue weighted by atomic mass is 16.1. The molecule has 6 nitrogen and oxygen atoms in total. The van der Waals surface area contributed by atoms with Gasteiger partial charge in [-0.25, -0.2) is 9.97 Å². The van der Waals surface area contributed by atoms with E-state index in [9.17, 15) is 4.79 Å². The maximum atomic E-state index is 12.8. The van der Waals surface area contributed by atoms with Gasteiger partial charge in [-0.1, -0.05) is 31.2 Å². The van der Waals surface area contributed by atoms with Crippen LogP contribution < -0.4 is 10.2 Å². The van der Waals surface area contributed by atoms with Gasteiger partial charge in [-0.05, 0) is 61.1 Å². The van der Waals surface area contributed by atoms with Gasteiger partial charge in [-0.15, -0.1) is 0 Å². The van der Waals surface area contributed by atoms with E-state index in [-0.39, 0.29) is 11.8 Å². The molecule has 0 radical (unpaired) electrons. The van der Waals surface area contributed by atoms with E-state index in [1.54, 1.807) is 0 Å². The summed E-state index contributed by atoms with van der Waals surface area (Å²) >= 11 is 0. The number of carbonyl (C=O) groups is 1. The van der Waals surface area contributed by atoms with Crippen LogP contribution in [0.25, 0.3) is 0 Å². The second-order valence-corrected chi connectivity index (χ2v) is 9.84. The Morgan fingerprint density at radius 2 is 1.88 bits per heavy atom. The third kappa shape index (κ3) is 4.80. The first-order valence-electron chi connectivity index (χ1n) is 12.3. The highest BCUT2D eigenvalue weighted by Crippen LogP contribution is 2.27. The van der Waals surface area contributed by atoms with Crippen molar-refractivity contribution in [2.45, 2.75) is 52.0 Å². The van der Waals surface area contributed by atoms with Crippen LogP contribution in [0, 0.1) is 11.8 Å². The van der Waals surface area contributed by atoms with Gasteiger partial charge >= 0.3 is 0 Å². The van der Waals surface area contributed by atoms with Crippen molar-refractivity contribution in [3.63, 3.8) is 0 Å². The van der Waals surface area contributed by atoms with Crippen molar-refractivity contribution in [3.8, 4) is 0 Å². The number of amides is 1. The minimum Gasteiger partial charge on any atom is -0.355 e. The van der Waals surface area contributed by atoms with Gasteiger partial charge in [0, 0.05) is 57.1 Å². The van der Waals surface area contributed by atoms with Crippen LogP contribution in [0.4, 0.5) is 5.95 Å². The molecule has 2 aliphatic heterocycles. The number of rotatable bonds is 5. The molecule has 1 unspecified atom stereocenters. The van der Waals surface area contributed by atoms with Crippen molar-refractivity contribution >= 4 is 11.9 Å². The first-order chi connectivity index (χ1) is 15.7. The largest absolute Gasteiger partial charge is 0.355 e. The molecular formula is C26H35N5O. The Balaban J connectivity index is 1.10. The van der Waals surface area contributed by atoms with E-state index in [1.807, 2.05) is 6.20 Å². The maximum absolute atomic E-state index is 12.8. The number of aromatic nitrogens is 2. The van der Waals surface area contributed by atoms with E-state index in [2.05, 4.69) is 51.3 Å². The lowest BCUT2D eigenvalue weighted by Gasteiger charge is -2.31. The Kier molecular flexibility index (Phi) is 6.39. The summed E-state index contributed by atoms with van der Waals surface area (Å²) in [5.41, 5.74) is 5.18. The molecule has 1 aliphatic carbocycles. The number of nitrogens with zero attached hydrogens (tertiary/aromatic N) is 4. The fourth-order valence-electron chi connectivity index (χ4n) is 5.31. The summed E-state index contributed by atoms with van der Waals surface area (Å²) in [5.74, 6) is 1.90. The third-order valence-corrected chi connectivity index (χ3v) is 7.51. The van der Waals surface area contributed by atoms with Gasteiger partial charge in [-0.3, -0.25) is 9.69 Å². The fraction of sp³-hybridized carbons (Fsp3) is 0.577. The zero-order valence-electron chi connectivity index (χ0n) is 19.2. The van der Waals surface area contributed by atoms with Gasteiger partial charge in [0.1, 0.15) is 0 Å². The predicted octanol–water partition coefficient (Wildman–Crippen LogP) is 2.99. The van der Waals surface area contributed by atoms with Crippen LogP contribution in [0.2, 0.25) is 0 Å². The van der Waals surface area contributed by atoms with Crippen LogP contribution in [-0.4, -0.2) is 53.5 Å². The van der Waals surface area contributed by atoms with Crippen LogP contribution >= 0.6 is 0 Å². The number of hydrogen-bond acceptors (Lipinski definition) is 5. The van der Waals surface area contributed by atoms with Gasteiger partial charge in [0.25, 0.3) is 0 Å². The molecule has 3 aliphatic rings. The van der Waals surface area contributed by atoms with Crippen molar-refractivity contribution in [1.82, 2.24) is 20.2 Å². The first-order valence-corrected chi connectivity index (χ1v) is 12.3. The Hall–Kier alpha value is -2.47. The summed E-state index contributed by atoms with van der Waals surface area (Å²) in [6, 6.07) is 8.69. The molecule has 1 N–H and O–H groups in total. The average molecular weight is 434 g/mol. The Labute approximate surface area is 191 Å². The summed E-state index contributed by atoms with van der Waals surface area (Å²) in [6.07, 6.45) is 8.01. The molecular weight excluding hydrogens is 398 g/mol. The van der Waals surface area contributed by atoms with Crippen LogP contribution in [0.5, 0.6) is 0 Å². The van der Waals surface area contributed by atoms with E-state index in [1.165, 1.54) is 24.0 Å². The molecule has 170 valence electrons. The fourth-order valence-corrected chi connectivity index (χ4v) is 5.31. The normalized spacial score (nSPS) is 21.7. The van der Waals surface area contributed by atoms with Crippen molar-refractivity contribution in [2.24, 2.45) is 11.8 Å². The summed E-state index contributed by atoms with van der Waals surface area (Å²) in [7, 11) is 0. The smallest absolute Gasteiger partial charge is 0.225 e. The molecule has 3 heterocycles. The molecule has 1 aromatic heterocycles. The van der Waals surface area contributed by atoms with E-state index in [0.29, 0.717) is 6.54 Å². The molecule has 5 rings (SSSR count). The molecule has 6 heteroatoms. The Bertz CT molecular complexity index is 953. The molecule has 2 aromatic rings. The van der Waals surface area contributed by atoms with Gasteiger partial charge in [-0.2, -0.15) is 0 Å². The van der Waals surface area contributed by atoms with Gasteiger partial charge in [0.2, 0.25) is 11.9 Å². The molecule has 0 saturated carbocycles. The molecule has 0 spiro atoms. The Morgan fingerprint density at radius 1 is 1.06 bits per heavy atom.